The fourth-order valence-electron chi connectivity index (χ4n) is 0.746. The van der Waals surface area contributed by atoms with E-state index in [-0.39, 0.29) is 12.3 Å². The lowest BCUT2D eigenvalue weighted by Crippen LogP contribution is -2.11. The minimum Gasteiger partial charge on any atom is -0.283 e. The van der Waals surface area contributed by atoms with Gasteiger partial charge in [0.05, 0.1) is 5.69 Å². The van der Waals surface area contributed by atoms with Gasteiger partial charge in [-0.3, -0.25) is 5.10 Å². The molecule has 1 aromatic rings. The fourth-order valence-corrected chi connectivity index (χ4v) is 0.746. The predicted octanol–water partition coefficient (Wildman–Crippen LogP) is 2.02. The van der Waals surface area contributed by atoms with Gasteiger partial charge in [0, 0.05) is 12.5 Å². The van der Waals surface area contributed by atoms with Crippen LogP contribution in [0.15, 0.2) is 6.07 Å². The Morgan fingerprint density at radius 3 is 2.60 bits per heavy atom. The number of aromatic nitrogens is 2. The quantitative estimate of drug-likeness (QED) is 0.586. The molecule has 0 saturated carbocycles. The Balaban J connectivity index is 2.89. The molecule has 0 saturated heterocycles. The highest BCUT2D eigenvalue weighted by Crippen LogP contribution is 2.19. The Morgan fingerprint density at radius 1 is 1.60 bits per heavy atom. The molecule has 2 nitrogen and oxygen atoms in total. The number of rotatable bonds is 0. The van der Waals surface area contributed by atoms with Crippen LogP contribution in [0.5, 0.6) is 0 Å². The zero-order valence-electron chi connectivity index (χ0n) is 7.73. The first-order chi connectivity index (χ1) is 5.04. The molecule has 0 aliphatic rings. The Labute approximate surface area is 63.1 Å². The molecule has 0 radical (unpaired) electrons. The van der Waals surface area contributed by atoms with E-state index in [0.717, 1.165) is 11.4 Å². The van der Waals surface area contributed by atoms with Crippen molar-refractivity contribution in [3.63, 3.8) is 0 Å². The van der Waals surface area contributed by atoms with Crippen LogP contribution in [0.1, 0.15) is 33.5 Å². The maximum Gasteiger partial charge on any atom is 0.0678 e. The molecular weight excluding hydrogens is 124 g/mol. The third kappa shape index (κ3) is 1.38. The molecule has 0 amide bonds. The van der Waals surface area contributed by atoms with E-state index in [4.69, 9.17) is 1.37 Å². The topological polar surface area (TPSA) is 28.7 Å². The van der Waals surface area contributed by atoms with Gasteiger partial charge in [-0.05, 0) is 13.0 Å². The molecule has 2 heteroatoms. The van der Waals surface area contributed by atoms with Crippen LogP contribution in [0.25, 0.3) is 0 Å². The molecule has 56 valence electrons. The lowest BCUT2D eigenvalue weighted by atomic mass is 9.92. The number of hydrogen-bond donors (Lipinski definition) is 1. The summed E-state index contributed by atoms with van der Waals surface area (Å²) in [6.45, 7) is 6.60. The average molecular weight is 140 g/mol. The van der Waals surface area contributed by atoms with Gasteiger partial charge < -0.3 is 0 Å². The Hall–Kier alpha value is -0.790. The molecule has 0 aliphatic heterocycles. The summed E-state index contributed by atoms with van der Waals surface area (Å²) in [7, 11) is 0. The summed E-state index contributed by atoms with van der Waals surface area (Å²) in [5.41, 5.74) is 2.00. The third-order valence-corrected chi connectivity index (χ3v) is 1.40. The third-order valence-electron chi connectivity index (χ3n) is 1.40. The first-order valence-corrected chi connectivity index (χ1v) is 3.38. The molecule has 0 atom stereocenters. The van der Waals surface area contributed by atoms with Crippen LogP contribution in [-0.2, 0) is 5.41 Å². The maximum atomic E-state index is 7.09. The second-order valence-electron chi connectivity index (χ2n) is 3.53. The van der Waals surface area contributed by atoms with Gasteiger partial charge >= 0.3 is 0 Å². The second-order valence-corrected chi connectivity index (χ2v) is 3.53. The van der Waals surface area contributed by atoms with Crippen molar-refractivity contribution in [3.8, 4) is 0 Å². The monoisotopic (exact) mass is 140 g/mol. The van der Waals surface area contributed by atoms with Crippen molar-refractivity contribution in [2.24, 2.45) is 0 Å². The summed E-state index contributed by atoms with van der Waals surface area (Å²) in [4.78, 5) is 0. The molecule has 1 aromatic heterocycles. The van der Waals surface area contributed by atoms with Gasteiger partial charge in [-0.1, -0.05) is 20.8 Å². The van der Waals surface area contributed by atoms with Crippen LogP contribution < -0.4 is 0 Å². The van der Waals surface area contributed by atoms with Gasteiger partial charge in [0.2, 0.25) is 0 Å². The normalized spacial score (nSPS) is 13.3. The predicted molar refractivity (Wildman–Crippen MR) is 42.0 cm³/mol. The van der Waals surface area contributed by atoms with Crippen LogP contribution in [0.4, 0.5) is 0 Å². The van der Waals surface area contributed by atoms with Crippen molar-refractivity contribution >= 4 is 0 Å². The second kappa shape index (κ2) is 2.11. The lowest BCUT2D eigenvalue weighted by molar-refractivity contribution is 0.567. The summed E-state index contributed by atoms with van der Waals surface area (Å²) >= 11 is 0. The molecule has 0 unspecified atom stereocenters. The highest BCUT2D eigenvalue weighted by molar-refractivity contribution is 5.14. The Bertz CT molecular complexity index is 234. The van der Waals surface area contributed by atoms with E-state index in [1.807, 2.05) is 6.07 Å². The highest BCUT2D eigenvalue weighted by Gasteiger charge is 2.15. The number of nitrogens with one attached hydrogen (secondary N) is 1. The minimum absolute atomic E-state index is 0.0872. The van der Waals surface area contributed by atoms with Crippen LogP contribution in [-0.4, -0.2) is 10.2 Å². The SMILES string of the molecule is [3H]Cc1cc(C(C)(C)C)n[nH]1. The van der Waals surface area contributed by atoms with Gasteiger partial charge in [0.25, 0.3) is 0 Å². The van der Waals surface area contributed by atoms with E-state index < -0.39 is 0 Å². The summed E-state index contributed by atoms with van der Waals surface area (Å²) in [6, 6.07) is 1.95. The molecule has 1 N–H and O–H groups in total. The van der Waals surface area contributed by atoms with E-state index in [2.05, 4.69) is 31.0 Å². The van der Waals surface area contributed by atoms with Crippen molar-refractivity contribution < 1.29 is 1.37 Å². The van der Waals surface area contributed by atoms with Gasteiger partial charge in [0.1, 0.15) is 0 Å². The zero-order chi connectivity index (χ0) is 8.48. The molecule has 0 aromatic carbocycles. The van der Waals surface area contributed by atoms with E-state index in [1.54, 1.807) is 0 Å². The molecular formula is C8H14N2. The molecule has 1 heterocycles. The van der Waals surface area contributed by atoms with E-state index in [1.165, 1.54) is 0 Å². The molecule has 0 spiro atoms. The average Bonchev–Trinajstić information content (AvgIpc) is 2.32. The smallest absolute Gasteiger partial charge is 0.0678 e. The first-order valence-electron chi connectivity index (χ1n) is 4.09. The van der Waals surface area contributed by atoms with Crippen molar-refractivity contribution in [1.29, 1.82) is 0 Å². The largest absolute Gasteiger partial charge is 0.283 e. The van der Waals surface area contributed by atoms with Gasteiger partial charge in [-0.2, -0.15) is 5.10 Å². The lowest BCUT2D eigenvalue weighted by Gasteiger charge is -2.13. The molecule has 0 bridgehead atoms. The number of nitrogens with zero attached hydrogens (tertiary/aromatic N) is 1. The summed E-state index contributed by atoms with van der Waals surface area (Å²) in [6.07, 6.45) is 0. The Kier molecular flexibility index (Phi) is 1.26. The number of aryl methyl sites for hydroxylation is 1. The Morgan fingerprint density at radius 2 is 2.30 bits per heavy atom. The van der Waals surface area contributed by atoms with Crippen molar-refractivity contribution in [2.45, 2.75) is 33.1 Å². The number of hydrogen-bond acceptors (Lipinski definition) is 1. The van der Waals surface area contributed by atoms with Crippen molar-refractivity contribution in [3.05, 3.63) is 17.5 Å². The molecule has 1 rings (SSSR count). The van der Waals surface area contributed by atoms with Crippen LogP contribution >= 0.6 is 0 Å². The van der Waals surface area contributed by atoms with Crippen LogP contribution in [0.2, 0.25) is 0 Å². The maximum absolute atomic E-state index is 7.09. The first kappa shape index (κ1) is 5.96. The summed E-state index contributed by atoms with van der Waals surface area (Å²) in [5, 5.41) is 6.94. The molecule has 10 heavy (non-hydrogen) atoms. The van der Waals surface area contributed by atoms with E-state index in [0.29, 0.717) is 0 Å². The summed E-state index contributed by atoms with van der Waals surface area (Å²) < 4.78 is 7.09. The minimum atomic E-state index is 0.0872. The standard InChI is InChI=1S/C8H14N2/c1-6-5-7(10-9-6)8(2,3)4/h5H,1-4H3,(H,9,10)/i1T. The van der Waals surface area contributed by atoms with Crippen LogP contribution in [0, 0.1) is 6.90 Å². The van der Waals surface area contributed by atoms with E-state index >= 15 is 0 Å². The molecule has 0 fully saturated rings. The van der Waals surface area contributed by atoms with Gasteiger partial charge in [-0.25, -0.2) is 0 Å². The van der Waals surface area contributed by atoms with Crippen molar-refractivity contribution in [1.82, 2.24) is 10.2 Å². The highest BCUT2D eigenvalue weighted by atomic mass is 15.1. The zero-order valence-corrected chi connectivity index (χ0v) is 6.73. The molecule has 0 aliphatic carbocycles. The van der Waals surface area contributed by atoms with Gasteiger partial charge in [0.15, 0.2) is 0 Å². The summed E-state index contributed by atoms with van der Waals surface area (Å²) in [5.74, 6) is 0. The number of aromatic amines is 1. The van der Waals surface area contributed by atoms with E-state index in [9.17, 15) is 0 Å². The fraction of sp³-hybridized carbons (Fsp3) is 0.625. The van der Waals surface area contributed by atoms with Crippen LogP contribution in [0.3, 0.4) is 0 Å². The number of H-pyrrole nitrogens is 1. The van der Waals surface area contributed by atoms with Gasteiger partial charge in [-0.15, -0.1) is 0 Å². The van der Waals surface area contributed by atoms with Crippen molar-refractivity contribution in [2.75, 3.05) is 0 Å².